The van der Waals surface area contributed by atoms with Gasteiger partial charge in [0.05, 0.1) is 5.71 Å². The number of para-hydroxylation sites is 1. The molecule has 0 saturated carbocycles. The zero-order valence-corrected chi connectivity index (χ0v) is 18.1. The van der Waals surface area contributed by atoms with Crippen LogP contribution in [0.1, 0.15) is 55.4 Å². The van der Waals surface area contributed by atoms with Crippen LogP contribution in [0.3, 0.4) is 0 Å². The standard InChI is InChI=1S/C26H31N3O/c1-4-11-21(5-2)29-26-23(15-10-17-28-26)25(27)22-14-8-9-16-24(22)30-18-20-13-7-6-12-19(20)3/h6-10,12-17,21,27H,4-5,11,18H2,1-3H3,(H,28,29). The highest BCUT2D eigenvalue weighted by Gasteiger charge is 2.17. The van der Waals surface area contributed by atoms with Crippen LogP contribution in [0, 0.1) is 12.3 Å². The van der Waals surface area contributed by atoms with E-state index in [-0.39, 0.29) is 0 Å². The fraction of sp³-hybridized carbons (Fsp3) is 0.308. The quantitative estimate of drug-likeness (QED) is 0.388. The largest absolute Gasteiger partial charge is 0.488 e. The minimum absolute atomic E-state index is 0.351. The van der Waals surface area contributed by atoms with Crippen molar-refractivity contribution in [2.24, 2.45) is 0 Å². The molecule has 3 aromatic rings. The third-order valence-corrected chi connectivity index (χ3v) is 5.35. The van der Waals surface area contributed by atoms with Crippen LogP contribution < -0.4 is 10.1 Å². The number of hydrogen-bond acceptors (Lipinski definition) is 4. The molecule has 0 aliphatic heterocycles. The van der Waals surface area contributed by atoms with Crippen molar-refractivity contribution in [2.45, 2.75) is 52.7 Å². The molecule has 3 rings (SSSR count). The molecule has 2 N–H and O–H groups in total. The predicted molar refractivity (Wildman–Crippen MR) is 125 cm³/mol. The van der Waals surface area contributed by atoms with E-state index in [0.29, 0.717) is 24.1 Å². The van der Waals surface area contributed by atoms with Crippen LogP contribution in [0.15, 0.2) is 66.9 Å². The van der Waals surface area contributed by atoms with Crippen molar-refractivity contribution < 1.29 is 4.74 Å². The molecule has 0 aliphatic carbocycles. The molecule has 0 spiro atoms. The van der Waals surface area contributed by atoms with Gasteiger partial charge in [-0.1, -0.05) is 56.7 Å². The molecule has 0 aliphatic rings. The normalized spacial score (nSPS) is 11.7. The van der Waals surface area contributed by atoms with Crippen molar-refractivity contribution >= 4 is 11.5 Å². The third kappa shape index (κ3) is 5.26. The molecule has 1 heterocycles. The lowest BCUT2D eigenvalue weighted by Crippen LogP contribution is -2.21. The van der Waals surface area contributed by atoms with Crippen molar-refractivity contribution in [3.8, 4) is 5.75 Å². The van der Waals surface area contributed by atoms with Crippen LogP contribution in [0.25, 0.3) is 0 Å². The second-order valence-corrected chi connectivity index (χ2v) is 7.52. The maximum absolute atomic E-state index is 8.92. The van der Waals surface area contributed by atoms with Crippen molar-refractivity contribution in [1.82, 2.24) is 4.98 Å². The molecule has 2 aromatic carbocycles. The molecule has 0 saturated heterocycles. The number of nitrogens with one attached hydrogen (secondary N) is 2. The molecular formula is C26H31N3O. The molecule has 30 heavy (non-hydrogen) atoms. The van der Waals surface area contributed by atoms with Crippen LogP contribution in [0.4, 0.5) is 5.82 Å². The molecule has 4 nitrogen and oxygen atoms in total. The van der Waals surface area contributed by atoms with Gasteiger partial charge < -0.3 is 10.1 Å². The minimum atomic E-state index is 0.351. The summed E-state index contributed by atoms with van der Waals surface area (Å²) < 4.78 is 6.15. The minimum Gasteiger partial charge on any atom is -0.488 e. The third-order valence-electron chi connectivity index (χ3n) is 5.35. The average molecular weight is 402 g/mol. The fourth-order valence-corrected chi connectivity index (χ4v) is 3.51. The van der Waals surface area contributed by atoms with Gasteiger partial charge in [-0.05, 0) is 55.2 Å². The molecule has 0 fully saturated rings. The summed E-state index contributed by atoms with van der Waals surface area (Å²) in [5.41, 5.74) is 4.32. The monoisotopic (exact) mass is 401 g/mol. The topological polar surface area (TPSA) is 58.0 Å². The number of benzene rings is 2. The first-order chi connectivity index (χ1) is 14.6. The molecule has 1 aromatic heterocycles. The smallest absolute Gasteiger partial charge is 0.135 e. The Hall–Kier alpha value is -3.14. The van der Waals surface area contributed by atoms with Gasteiger partial charge in [-0.3, -0.25) is 5.41 Å². The molecule has 0 amide bonds. The molecule has 0 bridgehead atoms. The van der Waals surface area contributed by atoms with E-state index >= 15 is 0 Å². The Morgan fingerprint density at radius 1 is 1.00 bits per heavy atom. The van der Waals surface area contributed by atoms with Crippen LogP contribution >= 0.6 is 0 Å². The summed E-state index contributed by atoms with van der Waals surface area (Å²) in [7, 11) is 0. The summed E-state index contributed by atoms with van der Waals surface area (Å²) in [6.45, 7) is 6.92. The van der Waals surface area contributed by atoms with Gasteiger partial charge in [-0.25, -0.2) is 4.98 Å². The molecule has 156 valence electrons. The van der Waals surface area contributed by atoms with Gasteiger partial charge in [0.1, 0.15) is 18.2 Å². The summed E-state index contributed by atoms with van der Waals surface area (Å²) >= 11 is 0. The van der Waals surface area contributed by atoms with Crippen LogP contribution in [0.2, 0.25) is 0 Å². The maximum Gasteiger partial charge on any atom is 0.135 e. The number of hydrogen-bond donors (Lipinski definition) is 2. The number of nitrogens with zero attached hydrogens (tertiary/aromatic N) is 1. The van der Waals surface area contributed by atoms with E-state index in [1.807, 2.05) is 48.5 Å². The number of rotatable bonds is 10. The summed E-state index contributed by atoms with van der Waals surface area (Å²) in [5.74, 6) is 1.47. The van der Waals surface area contributed by atoms with Gasteiger partial charge in [0.25, 0.3) is 0 Å². The van der Waals surface area contributed by atoms with Gasteiger partial charge in [0.2, 0.25) is 0 Å². The summed E-state index contributed by atoms with van der Waals surface area (Å²) in [6.07, 6.45) is 4.99. The van der Waals surface area contributed by atoms with Crippen LogP contribution in [-0.2, 0) is 6.61 Å². The Morgan fingerprint density at radius 3 is 2.50 bits per heavy atom. The van der Waals surface area contributed by atoms with Gasteiger partial charge in [-0.15, -0.1) is 0 Å². The molecule has 4 heteroatoms. The van der Waals surface area contributed by atoms with E-state index in [4.69, 9.17) is 10.1 Å². The van der Waals surface area contributed by atoms with E-state index < -0.39 is 0 Å². The Morgan fingerprint density at radius 2 is 1.73 bits per heavy atom. The summed E-state index contributed by atoms with van der Waals surface area (Å²) in [6, 6.07) is 20.2. The number of aryl methyl sites for hydroxylation is 1. The molecule has 1 atom stereocenters. The SMILES string of the molecule is CCCC(CC)Nc1ncccc1C(=N)c1ccccc1OCc1ccccc1C. The van der Waals surface area contributed by atoms with E-state index in [2.05, 4.69) is 43.2 Å². The first kappa shape index (κ1) is 21.6. The lowest BCUT2D eigenvalue weighted by atomic mass is 10.0. The van der Waals surface area contributed by atoms with Gasteiger partial charge in [0.15, 0.2) is 0 Å². The van der Waals surface area contributed by atoms with Gasteiger partial charge >= 0.3 is 0 Å². The Labute approximate surface area is 179 Å². The van der Waals surface area contributed by atoms with E-state index in [9.17, 15) is 0 Å². The second-order valence-electron chi connectivity index (χ2n) is 7.52. The Kier molecular flexibility index (Phi) is 7.61. The summed E-state index contributed by atoms with van der Waals surface area (Å²) in [4.78, 5) is 4.54. The molecule has 0 radical (unpaired) electrons. The van der Waals surface area contributed by atoms with E-state index in [0.717, 1.165) is 41.8 Å². The molecular weight excluding hydrogens is 370 g/mol. The van der Waals surface area contributed by atoms with Crippen molar-refractivity contribution in [2.75, 3.05) is 5.32 Å². The zero-order chi connectivity index (χ0) is 21.3. The van der Waals surface area contributed by atoms with E-state index in [1.54, 1.807) is 6.20 Å². The second kappa shape index (κ2) is 10.6. The Bertz CT molecular complexity index is 983. The van der Waals surface area contributed by atoms with E-state index in [1.165, 1.54) is 5.56 Å². The fourth-order valence-electron chi connectivity index (χ4n) is 3.51. The highest BCUT2D eigenvalue weighted by Crippen LogP contribution is 2.26. The molecule has 1 unspecified atom stereocenters. The highest BCUT2D eigenvalue weighted by atomic mass is 16.5. The maximum atomic E-state index is 8.92. The zero-order valence-electron chi connectivity index (χ0n) is 18.1. The number of aromatic nitrogens is 1. The lowest BCUT2D eigenvalue weighted by molar-refractivity contribution is 0.305. The van der Waals surface area contributed by atoms with Gasteiger partial charge in [-0.2, -0.15) is 0 Å². The van der Waals surface area contributed by atoms with Crippen molar-refractivity contribution in [1.29, 1.82) is 5.41 Å². The number of ether oxygens (including phenoxy) is 1. The highest BCUT2D eigenvalue weighted by molar-refractivity contribution is 6.15. The number of pyridine rings is 1. The lowest BCUT2D eigenvalue weighted by Gasteiger charge is -2.20. The van der Waals surface area contributed by atoms with Crippen LogP contribution in [-0.4, -0.2) is 16.7 Å². The number of anilines is 1. The van der Waals surface area contributed by atoms with Crippen LogP contribution in [0.5, 0.6) is 5.75 Å². The average Bonchev–Trinajstić information content (AvgIpc) is 2.78. The first-order valence-corrected chi connectivity index (χ1v) is 10.7. The predicted octanol–water partition coefficient (Wildman–Crippen LogP) is 6.38. The van der Waals surface area contributed by atoms with Crippen molar-refractivity contribution in [3.63, 3.8) is 0 Å². The first-order valence-electron chi connectivity index (χ1n) is 10.7. The summed E-state index contributed by atoms with van der Waals surface area (Å²) in [5, 5.41) is 12.5. The van der Waals surface area contributed by atoms with Crippen molar-refractivity contribution in [3.05, 3.63) is 89.1 Å². The van der Waals surface area contributed by atoms with Gasteiger partial charge in [0, 0.05) is 23.4 Å². The Balaban J connectivity index is 1.85.